The van der Waals surface area contributed by atoms with Crippen LogP contribution in [0.3, 0.4) is 0 Å². The Morgan fingerprint density at radius 1 is 1.13 bits per heavy atom. The molecule has 1 heterocycles. The molecule has 0 saturated heterocycles. The summed E-state index contributed by atoms with van der Waals surface area (Å²) in [5.41, 5.74) is 1.27. The van der Waals surface area contributed by atoms with Gasteiger partial charge in [-0.2, -0.15) is 0 Å². The molecule has 0 unspecified atom stereocenters. The molecule has 0 radical (unpaired) electrons. The lowest BCUT2D eigenvalue weighted by atomic mass is 10.2. The molecule has 2 aromatic carbocycles. The van der Waals surface area contributed by atoms with Gasteiger partial charge in [0.1, 0.15) is 0 Å². The Kier molecular flexibility index (Phi) is 8.33. The van der Waals surface area contributed by atoms with Crippen molar-refractivity contribution >= 4 is 63.5 Å². The van der Waals surface area contributed by atoms with Crippen LogP contribution in [0.4, 0.5) is 5.69 Å². The summed E-state index contributed by atoms with van der Waals surface area (Å²) in [6.07, 6.45) is 0. The van der Waals surface area contributed by atoms with Gasteiger partial charge in [0.05, 0.1) is 11.8 Å². The summed E-state index contributed by atoms with van der Waals surface area (Å²) in [5.74, 6) is 0.490. The predicted molar refractivity (Wildman–Crippen MR) is 132 cm³/mol. The molecule has 3 aromatic rings. The minimum Gasteiger partial charge on any atom is -0.342 e. The third-order valence-corrected chi connectivity index (χ3v) is 6.30. The molecular weight excluding hydrogens is 549 g/mol. The Balaban J connectivity index is 1.61. The molecule has 0 aliphatic rings. The maximum atomic E-state index is 12.5. The van der Waals surface area contributed by atoms with E-state index in [0.29, 0.717) is 28.1 Å². The number of benzene rings is 2. The quantitative estimate of drug-likeness (QED) is 0.301. The fraction of sp³-hybridized carbons (Fsp3) is 0.238. The van der Waals surface area contributed by atoms with E-state index in [9.17, 15) is 9.59 Å². The van der Waals surface area contributed by atoms with Gasteiger partial charge in [0.2, 0.25) is 5.91 Å². The second kappa shape index (κ2) is 11.0. The van der Waals surface area contributed by atoms with Crippen molar-refractivity contribution in [3.8, 4) is 0 Å². The van der Waals surface area contributed by atoms with Crippen LogP contribution < -0.4 is 10.6 Å². The third-order valence-electron chi connectivity index (χ3n) is 4.36. The Labute approximate surface area is 203 Å². The van der Waals surface area contributed by atoms with Crippen molar-refractivity contribution < 1.29 is 9.59 Å². The van der Waals surface area contributed by atoms with Crippen LogP contribution in [0, 0.1) is 3.57 Å². The number of hydrogen-bond acceptors (Lipinski definition) is 5. The molecule has 0 spiro atoms. The second-order valence-electron chi connectivity index (χ2n) is 6.63. The van der Waals surface area contributed by atoms with Crippen molar-refractivity contribution in [1.29, 1.82) is 0 Å². The summed E-state index contributed by atoms with van der Waals surface area (Å²) in [6.45, 7) is 4.43. The highest BCUT2D eigenvalue weighted by Crippen LogP contribution is 2.21. The van der Waals surface area contributed by atoms with Gasteiger partial charge in [-0.05, 0) is 85.0 Å². The molecule has 0 saturated carbocycles. The molecule has 0 bridgehead atoms. The maximum absolute atomic E-state index is 12.5. The molecule has 1 aromatic heterocycles. The molecule has 3 rings (SSSR count). The minimum atomic E-state index is -0.356. The van der Waals surface area contributed by atoms with E-state index in [2.05, 4.69) is 43.4 Å². The number of rotatable bonds is 8. The van der Waals surface area contributed by atoms with Crippen LogP contribution in [0.1, 0.15) is 36.1 Å². The molecule has 2 amide bonds. The summed E-state index contributed by atoms with van der Waals surface area (Å²) < 4.78 is 3.00. The molecule has 1 atom stereocenters. The van der Waals surface area contributed by atoms with Gasteiger partial charge in [-0.3, -0.25) is 9.59 Å². The molecule has 10 heteroatoms. The van der Waals surface area contributed by atoms with E-state index < -0.39 is 0 Å². The SMILES string of the molecule is CCn1c(SCC(=O)Nc2ccc(I)cc2)nnc1[C@H](C)NC(=O)c1ccc(Cl)cc1. The average Bonchev–Trinajstić information content (AvgIpc) is 3.17. The standard InChI is InChI=1S/C21H21ClIN5O2S/c1-3-28-19(13(2)24-20(30)14-4-6-15(22)7-5-14)26-27-21(28)31-12-18(29)25-17-10-8-16(23)9-11-17/h4-11,13H,3,12H2,1-2H3,(H,24,30)(H,25,29)/t13-/m0/s1. The summed E-state index contributed by atoms with van der Waals surface area (Å²) in [5, 5.41) is 15.5. The number of hydrogen-bond donors (Lipinski definition) is 2. The zero-order valence-corrected chi connectivity index (χ0v) is 20.7. The monoisotopic (exact) mass is 569 g/mol. The number of anilines is 1. The van der Waals surface area contributed by atoms with Gasteiger partial charge >= 0.3 is 0 Å². The lowest BCUT2D eigenvalue weighted by Gasteiger charge is -2.15. The highest BCUT2D eigenvalue weighted by atomic mass is 127. The van der Waals surface area contributed by atoms with E-state index in [4.69, 9.17) is 11.6 Å². The minimum absolute atomic E-state index is 0.123. The van der Waals surface area contributed by atoms with Crippen LogP contribution in [0.5, 0.6) is 0 Å². The molecule has 0 aliphatic carbocycles. The second-order valence-corrected chi connectivity index (χ2v) is 9.26. The van der Waals surface area contributed by atoms with Crippen molar-refractivity contribution in [2.45, 2.75) is 31.6 Å². The van der Waals surface area contributed by atoms with E-state index in [1.54, 1.807) is 24.3 Å². The molecule has 7 nitrogen and oxygen atoms in total. The van der Waals surface area contributed by atoms with Crippen molar-refractivity contribution in [2.24, 2.45) is 0 Å². The van der Waals surface area contributed by atoms with Gasteiger partial charge in [-0.1, -0.05) is 23.4 Å². The van der Waals surface area contributed by atoms with Crippen LogP contribution in [-0.4, -0.2) is 32.3 Å². The van der Waals surface area contributed by atoms with Gasteiger partial charge in [0, 0.05) is 26.4 Å². The highest BCUT2D eigenvalue weighted by Gasteiger charge is 2.20. The Hall–Kier alpha value is -2.11. The smallest absolute Gasteiger partial charge is 0.251 e. The summed E-state index contributed by atoms with van der Waals surface area (Å²) in [4.78, 5) is 24.8. The van der Waals surface area contributed by atoms with Crippen molar-refractivity contribution in [1.82, 2.24) is 20.1 Å². The number of aromatic nitrogens is 3. The van der Waals surface area contributed by atoms with Gasteiger partial charge in [-0.15, -0.1) is 10.2 Å². The summed E-state index contributed by atoms with van der Waals surface area (Å²) in [7, 11) is 0. The van der Waals surface area contributed by atoms with Crippen LogP contribution in [0.2, 0.25) is 5.02 Å². The molecule has 0 fully saturated rings. The zero-order valence-electron chi connectivity index (χ0n) is 16.9. The number of carbonyl (C=O) groups is 2. The van der Waals surface area contributed by atoms with Crippen molar-refractivity contribution in [3.05, 3.63) is 68.5 Å². The van der Waals surface area contributed by atoms with Crippen LogP contribution in [-0.2, 0) is 11.3 Å². The normalized spacial score (nSPS) is 11.7. The first kappa shape index (κ1) is 23.6. The van der Waals surface area contributed by atoms with E-state index in [1.165, 1.54) is 11.8 Å². The number of halogens is 2. The first-order chi connectivity index (χ1) is 14.9. The van der Waals surface area contributed by atoms with Gasteiger partial charge in [-0.25, -0.2) is 0 Å². The molecule has 162 valence electrons. The van der Waals surface area contributed by atoms with Crippen LogP contribution in [0.25, 0.3) is 0 Å². The van der Waals surface area contributed by atoms with Crippen LogP contribution in [0.15, 0.2) is 53.7 Å². The molecule has 0 aliphatic heterocycles. The zero-order chi connectivity index (χ0) is 22.4. The lowest BCUT2D eigenvalue weighted by molar-refractivity contribution is -0.113. The van der Waals surface area contributed by atoms with Gasteiger partial charge < -0.3 is 15.2 Å². The van der Waals surface area contributed by atoms with Crippen molar-refractivity contribution in [2.75, 3.05) is 11.1 Å². The largest absolute Gasteiger partial charge is 0.342 e. The maximum Gasteiger partial charge on any atom is 0.251 e. The number of carbonyl (C=O) groups excluding carboxylic acids is 2. The topological polar surface area (TPSA) is 88.9 Å². The molecular formula is C21H21ClIN5O2S. The number of nitrogens with zero attached hydrogens (tertiary/aromatic N) is 3. The third kappa shape index (κ3) is 6.44. The van der Waals surface area contributed by atoms with Crippen molar-refractivity contribution in [3.63, 3.8) is 0 Å². The summed E-state index contributed by atoms with van der Waals surface area (Å²) >= 11 is 9.40. The Bertz CT molecular complexity index is 1060. The highest BCUT2D eigenvalue weighted by molar-refractivity contribution is 14.1. The molecule has 2 N–H and O–H groups in total. The summed E-state index contributed by atoms with van der Waals surface area (Å²) in [6, 6.07) is 13.9. The lowest BCUT2D eigenvalue weighted by Crippen LogP contribution is -2.28. The van der Waals surface area contributed by atoms with E-state index in [1.807, 2.05) is 42.7 Å². The van der Waals surface area contributed by atoms with E-state index >= 15 is 0 Å². The average molecular weight is 570 g/mol. The fourth-order valence-corrected chi connectivity index (χ4v) is 4.13. The molecule has 31 heavy (non-hydrogen) atoms. The Morgan fingerprint density at radius 2 is 1.81 bits per heavy atom. The first-order valence-corrected chi connectivity index (χ1v) is 12.0. The fourth-order valence-electron chi connectivity index (χ4n) is 2.83. The predicted octanol–water partition coefficient (Wildman–Crippen LogP) is 4.78. The van der Waals surface area contributed by atoms with E-state index in [-0.39, 0.29) is 23.6 Å². The number of amides is 2. The first-order valence-electron chi connectivity index (χ1n) is 9.55. The van der Waals surface area contributed by atoms with Gasteiger partial charge in [0.25, 0.3) is 5.91 Å². The van der Waals surface area contributed by atoms with Crippen LogP contribution >= 0.6 is 46.0 Å². The number of thioether (sulfide) groups is 1. The Morgan fingerprint density at radius 3 is 2.45 bits per heavy atom. The number of nitrogens with one attached hydrogen (secondary N) is 2. The van der Waals surface area contributed by atoms with E-state index in [0.717, 1.165) is 9.26 Å². The van der Waals surface area contributed by atoms with Gasteiger partial charge in [0.15, 0.2) is 11.0 Å².